The molecular weight excluding hydrogens is 270 g/mol. The van der Waals surface area contributed by atoms with Crippen LogP contribution in [0.25, 0.3) is 0 Å². The highest BCUT2D eigenvalue weighted by Crippen LogP contribution is 2.16. The molecule has 0 saturated carbocycles. The molecule has 0 unspecified atom stereocenters. The molecule has 0 aliphatic rings. The van der Waals surface area contributed by atoms with E-state index in [1.54, 1.807) is 6.20 Å². The van der Waals surface area contributed by atoms with Gasteiger partial charge in [-0.2, -0.15) is 5.10 Å². The van der Waals surface area contributed by atoms with Crippen LogP contribution in [-0.2, 0) is 6.54 Å². The second kappa shape index (κ2) is 6.03. The number of rotatable bonds is 5. The second-order valence-electron chi connectivity index (χ2n) is 4.18. The normalized spacial score (nSPS) is 10.8. The van der Waals surface area contributed by atoms with Gasteiger partial charge in [0.05, 0.1) is 11.9 Å². The van der Waals surface area contributed by atoms with Gasteiger partial charge in [0, 0.05) is 13.1 Å². The largest absolute Gasteiger partial charge is 0.383 e. The molecule has 0 radical (unpaired) electrons. The lowest BCUT2D eigenvalue weighted by atomic mass is 10.2. The fourth-order valence-electron chi connectivity index (χ4n) is 1.32. The Morgan fingerprint density at radius 1 is 1.56 bits per heavy atom. The van der Waals surface area contributed by atoms with Crippen LogP contribution >= 0.6 is 15.9 Å². The van der Waals surface area contributed by atoms with E-state index >= 15 is 0 Å². The molecule has 5 heteroatoms. The summed E-state index contributed by atoms with van der Waals surface area (Å²) < 4.78 is 2.06. The Morgan fingerprint density at radius 2 is 2.25 bits per heavy atom. The van der Waals surface area contributed by atoms with Crippen molar-refractivity contribution in [2.75, 3.05) is 11.9 Å². The van der Waals surface area contributed by atoms with Gasteiger partial charge in [0.1, 0.15) is 4.47 Å². The third-order valence-corrected chi connectivity index (χ3v) is 2.85. The minimum Gasteiger partial charge on any atom is -0.383 e. The third kappa shape index (κ3) is 3.33. The molecule has 16 heavy (non-hydrogen) atoms. The Hall–Kier alpha value is -0.840. The number of nitrogens with zero attached hydrogens (tertiary/aromatic N) is 2. The van der Waals surface area contributed by atoms with Gasteiger partial charge < -0.3 is 5.32 Å². The summed E-state index contributed by atoms with van der Waals surface area (Å²) in [5, 5.41) is 7.31. The van der Waals surface area contributed by atoms with Crippen LogP contribution in [0.15, 0.2) is 15.5 Å². The summed E-state index contributed by atoms with van der Waals surface area (Å²) in [5.74, 6) is 0.409. The van der Waals surface area contributed by atoms with Crippen molar-refractivity contribution in [1.82, 2.24) is 9.78 Å². The first-order chi connectivity index (χ1) is 7.56. The lowest BCUT2D eigenvalue weighted by molar-refractivity contribution is 0.462. The van der Waals surface area contributed by atoms with E-state index in [1.807, 2.05) is 0 Å². The average Bonchev–Trinajstić information content (AvgIpc) is 2.23. The first kappa shape index (κ1) is 13.2. The van der Waals surface area contributed by atoms with Crippen molar-refractivity contribution < 1.29 is 0 Å². The Labute approximate surface area is 104 Å². The molecule has 4 nitrogen and oxygen atoms in total. The highest BCUT2D eigenvalue weighted by molar-refractivity contribution is 9.10. The maximum Gasteiger partial charge on any atom is 0.283 e. The Kier molecular flexibility index (Phi) is 4.99. The minimum absolute atomic E-state index is 0.0743. The van der Waals surface area contributed by atoms with E-state index in [2.05, 4.69) is 47.1 Å². The molecular formula is C11H18BrN3O. The predicted molar refractivity (Wildman–Crippen MR) is 69.8 cm³/mol. The number of anilines is 1. The molecule has 0 aliphatic heterocycles. The summed E-state index contributed by atoms with van der Waals surface area (Å²) in [6, 6.07) is 0. The standard InChI is InChI=1S/C11H18BrN3O/c1-4-5-13-9-6-14-15(7-8(2)3)11(16)10(9)12/h6,8,13H,4-5,7H2,1-3H3. The van der Waals surface area contributed by atoms with Crippen LogP contribution < -0.4 is 10.9 Å². The Balaban J connectivity index is 2.94. The smallest absolute Gasteiger partial charge is 0.283 e. The van der Waals surface area contributed by atoms with Crippen molar-refractivity contribution in [3.8, 4) is 0 Å². The first-order valence-electron chi connectivity index (χ1n) is 5.55. The molecule has 90 valence electrons. The third-order valence-electron chi connectivity index (χ3n) is 2.09. The van der Waals surface area contributed by atoms with E-state index in [-0.39, 0.29) is 5.56 Å². The zero-order valence-electron chi connectivity index (χ0n) is 9.96. The quantitative estimate of drug-likeness (QED) is 0.905. The van der Waals surface area contributed by atoms with Crippen LogP contribution in [0.4, 0.5) is 5.69 Å². The summed E-state index contributed by atoms with van der Waals surface area (Å²) >= 11 is 3.32. The van der Waals surface area contributed by atoms with E-state index in [9.17, 15) is 4.79 Å². The highest BCUT2D eigenvalue weighted by Gasteiger charge is 2.08. The molecule has 0 fully saturated rings. The molecule has 1 heterocycles. The average molecular weight is 288 g/mol. The van der Waals surface area contributed by atoms with Crippen LogP contribution in [0.3, 0.4) is 0 Å². The van der Waals surface area contributed by atoms with Gasteiger partial charge in [-0.25, -0.2) is 4.68 Å². The number of hydrogen-bond donors (Lipinski definition) is 1. The fraction of sp³-hybridized carbons (Fsp3) is 0.636. The summed E-state index contributed by atoms with van der Waals surface area (Å²) in [4.78, 5) is 11.9. The molecule has 0 amide bonds. The second-order valence-corrected chi connectivity index (χ2v) is 4.97. The minimum atomic E-state index is -0.0743. The topological polar surface area (TPSA) is 46.9 Å². The van der Waals surface area contributed by atoms with Crippen molar-refractivity contribution in [3.63, 3.8) is 0 Å². The molecule has 0 aliphatic carbocycles. The van der Waals surface area contributed by atoms with E-state index in [0.29, 0.717) is 16.9 Å². The number of nitrogens with one attached hydrogen (secondary N) is 1. The first-order valence-corrected chi connectivity index (χ1v) is 6.35. The van der Waals surface area contributed by atoms with Crippen molar-refractivity contribution >= 4 is 21.6 Å². The Bertz CT molecular complexity index is 401. The van der Waals surface area contributed by atoms with Crippen molar-refractivity contribution in [3.05, 3.63) is 21.0 Å². The van der Waals surface area contributed by atoms with E-state index in [0.717, 1.165) is 18.7 Å². The van der Waals surface area contributed by atoms with Gasteiger partial charge in [0.15, 0.2) is 0 Å². The molecule has 0 atom stereocenters. The van der Waals surface area contributed by atoms with E-state index in [1.165, 1.54) is 4.68 Å². The van der Waals surface area contributed by atoms with Crippen LogP contribution in [0.2, 0.25) is 0 Å². The molecule has 1 aromatic heterocycles. The number of aromatic nitrogens is 2. The van der Waals surface area contributed by atoms with Crippen LogP contribution in [0.5, 0.6) is 0 Å². The Morgan fingerprint density at radius 3 is 2.81 bits per heavy atom. The van der Waals surface area contributed by atoms with Gasteiger partial charge in [-0.05, 0) is 28.3 Å². The SMILES string of the molecule is CCCNc1cnn(CC(C)C)c(=O)c1Br. The van der Waals surface area contributed by atoms with E-state index < -0.39 is 0 Å². The molecule has 0 bridgehead atoms. The lowest BCUT2D eigenvalue weighted by Gasteiger charge is -2.11. The predicted octanol–water partition coefficient (Wildman–Crippen LogP) is 2.48. The van der Waals surface area contributed by atoms with Gasteiger partial charge in [-0.1, -0.05) is 20.8 Å². The summed E-state index contributed by atoms with van der Waals surface area (Å²) in [5.41, 5.74) is 0.696. The summed E-state index contributed by atoms with van der Waals surface area (Å²) in [6.45, 7) is 7.68. The van der Waals surface area contributed by atoms with Crippen LogP contribution in [0, 0.1) is 5.92 Å². The summed E-state index contributed by atoms with van der Waals surface area (Å²) in [7, 11) is 0. The van der Waals surface area contributed by atoms with Crippen LogP contribution in [-0.4, -0.2) is 16.3 Å². The lowest BCUT2D eigenvalue weighted by Crippen LogP contribution is -2.26. The van der Waals surface area contributed by atoms with Gasteiger partial charge in [0.25, 0.3) is 5.56 Å². The van der Waals surface area contributed by atoms with Crippen molar-refractivity contribution in [1.29, 1.82) is 0 Å². The molecule has 0 aromatic carbocycles. The van der Waals surface area contributed by atoms with Crippen LogP contribution in [0.1, 0.15) is 27.2 Å². The van der Waals surface area contributed by atoms with Crippen molar-refractivity contribution in [2.45, 2.75) is 33.7 Å². The molecule has 1 N–H and O–H groups in total. The van der Waals surface area contributed by atoms with E-state index in [4.69, 9.17) is 0 Å². The van der Waals surface area contributed by atoms with Gasteiger partial charge >= 0.3 is 0 Å². The monoisotopic (exact) mass is 287 g/mol. The fourth-order valence-corrected chi connectivity index (χ4v) is 1.77. The molecule has 0 spiro atoms. The van der Waals surface area contributed by atoms with Gasteiger partial charge in [0.2, 0.25) is 0 Å². The zero-order valence-corrected chi connectivity index (χ0v) is 11.5. The van der Waals surface area contributed by atoms with Gasteiger partial charge in [-0.3, -0.25) is 4.79 Å². The summed E-state index contributed by atoms with van der Waals surface area (Å²) in [6.07, 6.45) is 2.71. The molecule has 1 aromatic rings. The zero-order chi connectivity index (χ0) is 12.1. The number of halogens is 1. The molecule has 1 rings (SSSR count). The van der Waals surface area contributed by atoms with Crippen molar-refractivity contribution in [2.24, 2.45) is 5.92 Å². The number of hydrogen-bond acceptors (Lipinski definition) is 3. The maximum absolute atomic E-state index is 11.9. The maximum atomic E-state index is 11.9. The molecule has 0 saturated heterocycles. The highest BCUT2D eigenvalue weighted by atomic mass is 79.9. The van der Waals surface area contributed by atoms with Gasteiger partial charge in [-0.15, -0.1) is 0 Å².